The number of nitrogens with zero attached hydrogens (tertiary/aromatic N) is 1. The predicted molar refractivity (Wildman–Crippen MR) is 90.5 cm³/mol. The molecule has 2 aromatic rings. The van der Waals surface area contributed by atoms with E-state index in [1.54, 1.807) is 30.9 Å². The number of carbonyl (C=O) groups excluding carboxylic acids is 1. The smallest absolute Gasteiger partial charge is 0.308 e. The zero-order valence-corrected chi connectivity index (χ0v) is 14.5. The van der Waals surface area contributed by atoms with Crippen molar-refractivity contribution < 1.29 is 28.6 Å². The van der Waals surface area contributed by atoms with Crippen LogP contribution in [0.5, 0.6) is 11.5 Å². The minimum absolute atomic E-state index is 0.162. The lowest BCUT2D eigenvalue weighted by Gasteiger charge is -2.16. The van der Waals surface area contributed by atoms with E-state index in [2.05, 4.69) is 0 Å². The van der Waals surface area contributed by atoms with Gasteiger partial charge in [-0.3, -0.25) is 9.59 Å². The number of aryl methyl sites for hydroxylation is 2. The highest BCUT2D eigenvalue weighted by Gasteiger charge is 2.41. The van der Waals surface area contributed by atoms with E-state index in [0.717, 1.165) is 5.56 Å². The molecule has 1 aromatic heterocycles. The lowest BCUT2D eigenvalue weighted by Crippen LogP contribution is -2.30. The van der Waals surface area contributed by atoms with Crippen molar-refractivity contribution in [3.05, 3.63) is 46.9 Å². The Balaban J connectivity index is 1.62. The minimum Gasteiger partial charge on any atom is -0.481 e. The monoisotopic (exact) mass is 357 g/mol. The van der Waals surface area contributed by atoms with E-state index in [1.807, 2.05) is 12.1 Å². The molecule has 0 aliphatic carbocycles. The van der Waals surface area contributed by atoms with Gasteiger partial charge in [-0.15, -0.1) is 0 Å². The van der Waals surface area contributed by atoms with Crippen molar-refractivity contribution in [1.82, 2.24) is 4.90 Å². The van der Waals surface area contributed by atoms with Crippen molar-refractivity contribution in [1.29, 1.82) is 0 Å². The van der Waals surface area contributed by atoms with Gasteiger partial charge in [0.25, 0.3) is 5.91 Å². The summed E-state index contributed by atoms with van der Waals surface area (Å²) in [7, 11) is 0. The first-order valence-electron chi connectivity index (χ1n) is 8.42. The first-order chi connectivity index (χ1) is 12.4. The number of hydrogen-bond acceptors (Lipinski definition) is 5. The molecular weight excluding hydrogens is 338 g/mol. The summed E-state index contributed by atoms with van der Waals surface area (Å²) in [4.78, 5) is 26.2. The largest absolute Gasteiger partial charge is 0.481 e. The quantitative estimate of drug-likeness (QED) is 0.908. The van der Waals surface area contributed by atoms with Crippen molar-refractivity contribution in [3.63, 3.8) is 0 Å². The lowest BCUT2D eigenvalue weighted by molar-refractivity contribution is -0.141. The maximum Gasteiger partial charge on any atom is 0.308 e. The Hall–Kier alpha value is -2.96. The number of ether oxygens (including phenoxy) is 2. The second-order valence-electron chi connectivity index (χ2n) is 6.70. The van der Waals surface area contributed by atoms with Gasteiger partial charge in [0.15, 0.2) is 11.5 Å². The molecule has 0 saturated carbocycles. The molecule has 1 aromatic carbocycles. The van der Waals surface area contributed by atoms with E-state index in [9.17, 15) is 14.7 Å². The Morgan fingerprint density at radius 1 is 1.12 bits per heavy atom. The van der Waals surface area contributed by atoms with Gasteiger partial charge in [0.05, 0.1) is 11.5 Å². The minimum atomic E-state index is -0.914. The second kappa shape index (κ2) is 6.09. The van der Waals surface area contributed by atoms with E-state index >= 15 is 0 Å². The van der Waals surface area contributed by atoms with Crippen LogP contribution in [0.2, 0.25) is 0 Å². The summed E-state index contributed by atoms with van der Waals surface area (Å²) in [6, 6.07) is 7.13. The third kappa shape index (κ3) is 2.69. The van der Waals surface area contributed by atoms with Crippen LogP contribution in [0.25, 0.3) is 0 Å². The van der Waals surface area contributed by atoms with Crippen LogP contribution in [0.1, 0.15) is 33.4 Å². The molecule has 7 nitrogen and oxygen atoms in total. The van der Waals surface area contributed by atoms with Gasteiger partial charge < -0.3 is 23.9 Å². The van der Waals surface area contributed by atoms with Gasteiger partial charge in [-0.2, -0.15) is 0 Å². The molecule has 3 heterocycles. The molecule has 0 unspecified atom stereocenters. The topological polar surface area (TPSA) is 89.2 Å². The van der Waals surface area contributed by atoms with Gasteiger partial charge in [0.1, 0.15) is 11.5 Å². The summed E-state index contributed by atoms with van der Waals surface area (Å²) in [6.45, 7) is 4.18. The first-order valence-corrected chi connectivity index (χ1v) is 8.42. The summed E-state index contributed by atoms with van der Waals surface area (Å²) in [6.07, 6.45) is 0. The van der Waals surface area contributed by atoms with Crippen molar-refractivity contribution in [2.45, 2.75) is 19.8 Å². The van der Waals surface area contributed by atoms with Crippen LogP contribution in [-0.4, -0.2) is 41.8 Å². The molecule has 136 valence electrons. The second-order valence-corrected chi connectivity index (χ2v) is 6.70. The summed E-state index contributed by atoms with van der Waals surface area (Å²) in [5, 5.41) is 9.65. The molecule has 1 fully saturated rings. The number of carbonyl (C=O) groups is 2. The molecule has 2 atom stereocenters. The van der Waals surface area contributed by atoms with Gasteiger partial charge in [-0.1, -0.05) is 6.07 Å². The van der Waals surface area contributed by atoms with Crippen LogP contribution in [0, 0.1) is 19.8 Å². The lowest BCUT2D eigenvalue weighted by atomic mass is 9.89. The maximum atomic E-state index is 12.8. The summed E-state index contributed by atoms with van der Waals surface area (Å²) >= 11 is 0. The van der Waals surface area contributed by atoms with E-state index in [4.69, 9.17) is 13.9 Å². The molecule has 0 bridgehead atoms. The highest BCUT2D eigenvalue weighted by molar-refractivity contribution is 5.96. The van der Waals surface area contributed by atoms with Crippen LogP contribution in [-0.2, 0) is 4.79 Å². The normalized spacial score (nSPS) is 21.2. The summed E-state index contributed by atoms with van der Waals surface area (Å²) < 4.78 is 16.1. The third-order valence-electron chi connectivity index (χ3n) is 5.02. The van der Waals surface area contributed by atoms with Crippen LogP contribution in [0.3, 0.4) is 0 Å². The van der Waals surface area contributed by atoms with Crippen LogP contribution >= 0.6 is 0 Å². The van der Waals surface area contributed by atoms with Gasteiger partial charge in [0, 0.05) is 19.0 Å². The molecule has 2 aliphatic heterocycles. The zero-order chi connectivity index (χ0) is 18.4. The molecule has 1 amide bonds. The molecule has 4 rings (SSSR count). The van der Waals surface area contributed by atoms with Gasteiger partial charge in [-0.25, -0.2) is 0 Å². The van der Waals surface area contributed by atoms with Crippen LogP contribution < -0.4 is 9.47 Å². The Morgan fingerprint density at radius 3 is 2.58 bits per heavy atom. The van der Waals surface area contributed by atoms with Crippen LogP contribution in [0.15, 0.2) is 28.7 Å². The first kappa shape index (κ1) is 16.5. The maximum absolute atomic E-state index is 12.8. The molecule has 0 spiro atoms. The fraction of sp³-hybridized carbons (Fsp3) is 0.368. The number of aliphatic carboxylic acids is 1. The summed E-state index contributed by atoms with van der Waals surface area (Å²) in [5.74, 6) is 0.371. The SMILES string of the molecule is Cc1cc(C(=O)N2C[C@@H](C(=O)O)[C@H](c3ccc4c(c3)OCO4)C2)c(C)o1. The Labute approximate surface area is 150 Å². The average molecular weight is 357 g/mol. The van der Waals surface area contributed by atoms with Crippen LogP contribution in [0.4, 0.5) is 0 Å². The molecule has 1 saturated heterocycles. The van der Waals surface area contributed by atoms with Gasteiger partial charge in [0.2, 0.25) is 6.79 Å². The van der Waals surface area contributed by atoms with Crippen molar-refractivity contribution in [2.24, 2.45) is 5.92 Å². The molecule has 0 radical (unpaired) electrons. The number of carboxylic acids is 1. The Bertz CT molecular complexity index is 886. The average Bonchev–Trinajstić information content (AvgIpc) is 3.30. The highest BCUT2D eigenvalue weighted by atomic mass is 16.7. The van der Waals surface area contributed by atoms with E-state index in [-0.39, 0.29) is 25.2 Å². The standard InChI is InChI=1S/C19H19NO6/c1-10-5-13(11(2)26-10)18(21)20-7-14(15(8-20)19(22)23)12-3-4-16-17(6-12)25-9-24-16/h3-6,14-15H,7-9H2,1-2H3,(H,22,23)/t14-,15+/m0/s1. The van der Waals surface area contributed by atoms with Crippen molar-refractivity contribution >= 4 is 11.9 Å². The molecule has 26 heavy (non-hydrogen) atoms. The fourth-order valence-electron chi connectivity index (χ4n) is 3.71. The van der Waals surface area contributed by atoms with Gasteiger partial charge in [-0.05, 0) is 37.6 Å². The molecule has 7 heteroatoms. The van der Waals surface area contributed by atoms with E-state index < -0.39 is 11.9 Å². The zero-order valence-electron chi connectivity index (χ0n) is 14.5. The Morgan fingerprint density at radius 2 is 1.88 bits per heavy atom. The number of amides is 1. The van der Waals surface area contributed by atoms with Gasteiger partial charge >= 0.3 is 5.97 Å². The molecule has 1 N–H and O–H groups in total. The van der Waals surface area contributed by atoms with E-state index in [0.29, 0.717) is 35.1 Å². The Kier molecular flexibility index (Phi) is 3.86. The molecule has 2 aliphatic rings. The molecular formula is C19H19NO6. The third-order valence-corrected chi connectivity index (χ3v) is 5.02. The number of hydrogen-bond donors (Lipinski definition) is 1. The number of rotatable bonds is 3. The summed E-state index contributed by atoms with van der Waals surface area (Å²) in [5.41, 5.74) is 1.31. The van der Waals surface area contributed by atoms with Crippen molar-refractivity contribution in [2.75, 3.05) is 19.9 Å². The number of furan rings is 1. The number of fused-ring (bicyclic) bond motifs is 1. The number of likely N-dealkylation sites (tertiary alicyclic amines) is 1. The fourth-order valence-corrected chi connectivity index (χ4v) is 3.71. The van der Waals surface area contributed by atoms with E-state index in [1.165, 1.54) is 0 Å². The predicted octanol–water partition coefficient (Wildman–Crippen LogP) is 2.57. The highest BCUT2D eigenvalue weighted by Crippen LogP contribution is 2.39. The van der Waals surface area contributed by atoms with Crippen molar-refractivity contribution in [3.8, 4) is 11.5 Å². The number of benzene rings is 1. The number of carboxylic acid groups (broad SMARTS) is 1.